The Morgan fingerprint density at radius 3 is 2.64 bits per heavy atom. The van der Waals surface area contributed by atoms with Crippen LogP contribution in [0, 0.1) is 17.6 Å². The number of hydrogen-bond donors (Lipinski definition) is 0. The second-order valence-electron chi connectivity index (χ2n) is 4.87. The highest BCUT2D eigenvalue weighted by Gasteiger charge is 2.31. The maximum atomic E-state index is 13.3. The molecule has 0 heterocycles. The van der Waals surface area contributed by atoms with Crippen LogP contribution in [0.15, 0.2) is 17.1 Å². The second kappa shape index (κ2) is 6.96. The molecule has 0 aliphatic heterocycles. The second-order valence-corrected chi connectivity index (χ2v) is 5.28. The van der Waals surface area contributed by atoms with Crippen molar-refractivity contribution in [3.8, 4) is 0 Å². The molecule has 22 heavy (non-hydrogen) atoms. The van der Waals surface area contributed by atoms with Crippen molar-refractivity contribution in [3.05, 3.63) is 34.4 Å². The van der Waals surface area contributed by atoms with Crippen LogP contribution < -0.4 is 0 Å². The van der Waals surface area contributed by atoms with Gasteiger partial charge >= 0.3 is 5.97 Å². The van der Waals surface area contributed by atoms with Gasteiger partial charge < -0.3 is 4.74 Å². The zero-order valence-corrected chi connectivity index (χ0v) is 12.6. The monoisotopic (exact) mass is 329 g/mol. The maximum Gasteiger partial charge on any atom is 0.322 e. The minimum Gasteiger partial charge on any atom is -0.465 e. The van der Waals surface area contributed by atoms with Crippen LogP contribution in [-0.2, 0) is 9.53 Å². The quantitative estimate of drug-likeness (QED) is 0.265. The molecule has 0 saturated heterocycles. The fourth-order valence-electron chi connectivity index (χ4n) is 1.78. The molecule has 0 bridgehead atoms. The first-order valence-electron chi connectivity index (χ1n) is 6.82. The first-order valence-corrected chi connectivity index (χ1v) is 7.20. The Morgan fingerprint density at radius 1 is 1.41 bits per heavy atom. The highest BCUT2D eigenvalue weighted by atomic mass is 35.5. The van der Waals surface area contributed by atoms with Crippen molar-refractivity contribution in [2.45, 2.75) is 25.8 Å². The molecule has 1 aliphatic rings. The third kappa shape index (κ3) is 3.88. The molecule has 1 fully saturated rings. The highest BCUT2D eigenvalue weighted by Crippen LogP contribution is 2.25. The summed E-state index contributed by atoms with van der Waals surface area (Å²) in [6.07, 6.45) is 2.99. The largest absolute Gasteiger partial charge is 0.465 e. The Bertz CT molecular complexity index is 629. The summed E-state index contributed by atoms with van der Waals surface area (Å²) in [6.45, 7) is 1.69. The number of carbonyl (C=O) groups excluding carboxylic acids is 2. The van der Waals surface area contributed by atoms with E-state index in [0.29, 0.717) is 12.1 Å². The van der Waals surface area contributed by atoms with Crippen molar-refractivity contribution in [2.24, 2.45) is 10.9 Å². The number of nitrogens with zero attached hydrogens (tertiary/aromatic N) is 1. The van der Waals surface area contributed by atoms with Crippen LogP contribution in [0.2, 0.25) is 5.02 Å². The van der Waals surface area contributed by atoms with Crippen LogP contribution in [0.25, 0.3) is 0 Å². The van der Waals surface area contributed by atoms with Crippen molar-refractivity contribution >= 4 is 29.6 Å². The summed E-state index contributed by atoms with van der Waals surface area (Å²) in [5.41, 5.74) is -0.277. The number of carbonyl (C=O) groups is 2. The number of hydrogen-bond acceptors (Lipinski definition) is 4. The Labute approximate surface area is 131 Å². The molecule has 118 valence electrons. The molecule has 0 radical (unpaired) electrons. The van der Waals surface area contributed by atoms with Crippen molar-refractivity contribution in [1.82, 2.24) is 0 Å². The van der Waals surface area contributed by atoms with E-state index in [2.05, 4.69) is 4.99 Å². The van der Waals surface area contributed by atoms with E-state index in [1.54, 1.807) is 6.92 Å². The Balaban J connectivity index is 2.31. The molecular formula is C15H14ClF2NO3. The predicted molar refractivity (Wildman–Crippen MR) is 77.3 cm³/mol. The summed E-state index contributed by atoms with van der Waals surface area (Å²) in [6, 6.07) is 1.48. The molecule has 7 heteroatoms. The van der Waals surface area contributed by atoms with E-state index < -0.39 is 29.3 Å². The summed E-state index contributed by atoms with van der Waals surface area (Å²) < 4.78 is 31.2. The molecule has 1 aliphatic carbocycles. The molecule has 1 aromatic rings. The van der Waals surface area contributed by atoms with E-state index in [1.807, 2.05) is 0 Å². The van der Waals surface area contributed by atoms with E-state index in [0.717, 1.165) is 12.8 Å². The lowest BCUT2D eigenvalue weighted by molar-refractivity contribution is -0.143. The van der Waals surface area contributed by atoms with E-state index >= 15 is 0 Å². The molecule has 0 amide bonds. The molecular weight excluding hydrogens is 316 g/mol. The van der Waals surface area contributed by atoms with Gasteiger partial charge in [0.25, 0.3) is 0 Å². The van der Waals surface area contributed by atoms with Crippen molar-refractivity contribution in [3.63, 3.8) is 0 Å². The highest BCUT2D eigenvalue weighted by molar-refractivity contribution is 6.35. The number of ketones is 1. The van der Waals surface area contributed by atoms with E-state index in [-0.39, 0.29) is 23.2 Å². The fourth-order valence-corrected chi connectivity index (χ4v) is 2.02. The first kappa shape index (κ1) is 16.5. The van der Waals surface area contributed by atoms with E-state index in [1.165, 1.54) is 6.21 Å². The minimum atomic E-state index is -1.32. The lowest BCUT2D eigenvalue weighted by Crippen LogP contribution is -2.28. The van der Waals surface area contributed by atoms with E-state index in [4.69, 9.17) is 16.3 Å². The summed E-state index contributed by atoms with van der Waals surface area (Å²) in [7, 11) is 0. The van der Waals surface area contributed by atoms with Gasteiger partial charge in [-0.15, -0.1) is 0 Å². The average Bonchev–Trinajstić information content (AvgIpc) is 3.27. The number of rotatable bonds is 6. The standard InChI is InChI=1S/C15H14ClF2NO3/c1-2-22-15(21)10(7-19-8-3-4-8)14(20)9-5-12(17)13(18)6-11(9)16/h5-8,10H,2-4H2,1H3/t10-/m1/s1. The van der Waals surface area contributed by atoms with Gasteiger partial charge in [0.15, 0.2) is 23.3 Å². The number of benzene rings is 1. The molecule has 0 aromatic heterocycles. The average molecular weight is 330 g/mol. The molecule has 2 rings (SSSR count). The number of Topliss-reactive ketones (excluding diaryl/α,β-unsaturated/α-hetero) is 1. The first-order chi connectivity index (χ1) is 10.4. The van der Waals surface area contributed by atoms with Gasteiger partial charge in [0, 0.05) is 17.8 Å². The minimum absolute atomic E-state index is 0.0887. The topological polar surface area (TPSA) is 55.7 Å². The van der Waals surface area contributed by atoms with Crippen LogP contribution in [0.1, 0.15) is 30.1 Å². The van der Waals surface area contributed by atoms with Gasteiger partial charge in [-0.25, -0.2) is 8.78 Å². The molecule has 0 spiro atoms. The van der Waals surface area contributed by atoms with Crippen LogP contribution in [0.5, 0.6) is 0 Å². The van der Waals surface area contributed by atoms with Crippen LogP contribution >= 0.6 is 11.6 Å². The van der Waals surface area contributed by atoms with Crippen LogP contribution in [-0.4, -0.2) is 30.6 Å². The lowest BCUT2D eigenvalue weighted by Gasteiger charge is -2.11. The van der Waals surface area contributed by atoms with Crippen molar-refractivity contribution < 1.29 is 23.1 Å². The van der Waals surface area contributed by atoms with Gasteiger partial charge in [0.2, 0.25) is 0 Å². The summed E-state index contributed by atoms with van der Waals surface area (Å²) in [4.78, 5) is 28.4. The van der Waals surface area contributed by atoms with E-state index in [9.17, 15) is 18.4 Å². The third-order valence-electron chi connectivity index (χ3n) is 3.09. The van der Waals surface area contributed by atoms with Gasteiger partial charge in [0.05, 0.1) is 11.6 Å². The zero-order chi connectivity index (χ0) is 16.3. The lowest BCUT2D eigenvalue weighted by atomic mass is 9.98. The maximum absolute atomic E-state index is 13.3. The normalized spacial score (nSPS) is 15.8. The van der Waals surface area contributed by atoms with Gasteiger partial charge in [0.1, 0.15) is 0 Å². The molecule has 0 unspecified atom stereocenters. The van der Waals surface area contributed by atoms with Gasteiger partial charge in [-0.2, -0.15) is 0 Å². The Morgan fingerprint density at radius 2 is 2.05 bits per heavy atom. The number of halogens is 3. The third-order valence-corrected chi connectivity index (χ3v) is 3.40. The van der Waals surface area contributed by atoms with Crippen LogP contribution in [0.3, 0.4) is 0 Å². The van der Waals surface area contributed by atoms with Gasteiger partial charge in [-0.3, -0.25) is 14.6 Å². The Hall–Kier alpha value is -1.82. The molecule has 1 saturated carbocycles. The Kier molecular flexibility index (Phi) is 5.24. The summed E-state index contributed by atoms with van der Waals surface area (Å²) in [5.74, 6) is -5.26. The van der Waals surface area contributed by atoms with Crippen molar-refractivity contribution in [2.75, 3.05) is 6.61 Å². The molecule has 4 nitrogen and oxygen atoms in total. The smallest absolute Gasteiger partial charge is 0.322 e. The predicted octanol–water partition coefficient (Wildman–Crippen LogP) is 3.21. The number of aliphatic imine (C=N–C) groups is 1. The van der Waals surface area contributed by atoms with Gasteiger partial charge in [-0.05, 0) is 31.9 Å². The SMILES string of the molecule is CCOC(=O)[C@H](C=NC1CC1)C(=O)c1cc(F)c(F)cc1Cl. The molecule has 1 aromatic carbocycles. The van der Waals surface area contributed by atoms with Crippen molar-refractivity contribution in [1.29, 1.82) is 0 Å². The van der Waals surface area contributed by atoms with Gasteiger partial charge in [-0.1, -0.05) is 11.6 Å². The zero-order valence-electron chi connectivity index (χ0n) is 11.8. The molecule has 1 atom stereocenters. The number of esters is 1. The van der Waals surface area contributed by atoms with Crippen LogP contribution in [0.4, 0.5) is 8.78 Å². The fraction of sp³-hybridized carbons (Fsp3) is 0.400. The molecule has 0 N–H and O–H groups in total. The summed E-state index contributed by atoms with van der Waals surface area (Å²) >= 11 is 5.77. The number of ether oxygens (including phenoxy) is 1. The summed E-state index contributed by atoms with van der Waals surface area (Å²) in [5, 5.41) is -0.266.